The summed E-state index contributed by atoms with van der Waals surface area (Å²) in [5.41, 5.74) is 0.876. The van der Waals surface area contributed by atoms with Crippen LogP contribution < -0.4 is 0 Å². The second-order valence-corrected chi connectivity index (χ2v) is 31.6. The zero-order valence-corrected chi connectivity index (χ0v) is 32.2. The lowest BCUT2D eigenvalue weighted by atomic mass is 10.0. The van der Waals surface area contributed by atoms with Gasteiger partial charge in [0.25, 0.3) is 0 Å². The summed E-state index contributed by atoms with van der Waals surface area (Å²) in [6.07, 6.45) is -1.65. The molecule has 0 aliphatic carbocycles. The molecule has 0 amide bonds. The molecule has 0 saturated carbocycles. The van der Waals surface area contributed by atoms with Crippen molar-refractivity contribution in [1.29, 1.82) is 0 Å². The fourth-order valence-corrected chi connectivity index (χ4v) is 8.94. The normalized spacial score (nSPS) is 25.8. The molecule has 0 spiro atoms. The average Bonchev–Trinajstić information content (AvgIpc) is 2.76. The predicted octanol–water partition coefficient (Wildman–Crippen LogP) is 8.98. The molecule has 1 aromatic rings. The minimum Gasteiger partial charge on any atom is -0.408 e. The maximum atomic E-state index is 10.7. The van der Waals surface area contributed by atoms with Crippen LogP contribution >= 0.6 is 11.8 Å². The first kappa shape index (κ1) is 36.2. The van der Waals surface area contributed by atoms with Crippen LogP contribution in [0.1, 0.15) is 67.9 Å². The summed E-state index contributed by atoms with van der Waals surface area (Å²) in [5.74, 6) is 0. The molecular formula is C31H60O5SSi3. The molecule has 1 aliphatic heterocycles. The van der Waals surface area contributed by atoms with Gasteiger partial charge in [0.15, 0.2) is 25.0 Å². The maximum absolute atomic E-state index is 10.7. The van der Waals surface area contributed by atoms with E-state index >= 15 is 0 Å². The number of hydrogen-bond acceptors (Lipinski definition) is 6. The van der Waals surface area contributed by atoms with Crippen LogP contribution in [0.5, 0.6) is 0 Å². The smallest absolute Gasteiger partial charge is 0.192 e. The Balaban J connectivity index is 2.73. The molecule has 2 rings (SSSR count). The fraction of sp³-hybridized carbons (Fsp3) is 0.806. The van der Waals surface area contributed by atoms with Crippen molar-refractivity contribution in [2.45, 2.75) is 158 Å². The summed E-state index contributed by atoms with van der Waals surface area (Å²) in [4.78, 5) is 1.12. The van der Waals surface area contributed by atoms with Gasteiger partial charge in [0.2, 0.25) is 0 Å². The summed E-state index contributed by atoms with van der Waals surface area (Å²) < 4.78 is 28.5. The summed E-state index contributed by atoms with van der Waals surface area (Å²) in [6, 6.07) is 8.54. The lowest BCUT2D eigenvalue weighted by molar-refractivity contribution is -0.192. The number of hydrogen-bond donors (Lipinski definition) is 1. The van der Waals surface area contributed by atoms with Crippen molar-refractivity contribution in [2.24, 2.45) is 0 Å². The molecule has 232 valence electrons. The Morgan fingerprint density at radius 1 is 0.675 bits per heavy atom. The number of aliphatic hydroxyl groups excluding tert-OH is 1. The number of thioether (sulfide) groups is 1. The first-order chi connectivity index (χ1) is 17.8. The number of aliphatic hydroxyl groups is 1. The Kier molecular flexibility index (Phi) is 11.4. The van der Waals surface area contributed by atoms with E-state index in [1.54, 1.807) is 11.8 Å². The van der Waals surface area contributed by atoms with Crippen molar-refractivity contribution in [1.82, 2.24) is 0 Å². The quantitative estimate of drug-likeness (QED) is 0.276. The Labute approximate surface area is 253 Å². The molecule has 0 bridgehead atoms. The topological polar surface area (TPSA) is 57.2 Å². The maximum Gasteiger partial charge on any atom is 0.192 e. The van der Waals surface area contributed by atoms with Gasteiger partial charge in [-0.2, -0.15) is 0 Å². The number of rotatable bonds is 9. The van der Waals surface area contributed by atoms with Crippen molar-refractivity contribution in [3.63, 3.8) is 0 Å². The summed E-state index contributed by atoms with van der Waals surface area (Å²) >= 11 is 1.67. The van der Waals surface area contributed by atoms with Crippen LogP contribution in [0.4, 0.5) is 0 Å². The average molecular weight is 629 g/mol. The number of benzene rings is 1. The van der Waals surface area contributed by atoms with E-state index in [1.807, 2.05) is 0 Å². The van der Waals surface area contributed by atoms with Crippen LogP contribution in [0.2, 0.25) is 54.4 Å². The van der Waals surface area contributed by atoms with Gasteiger partial charge in [-0.1, -0.05) is 91.8 Å². The fourth-order valence-electron chi connectivity index (χ4n) is 3.82. The van der Waals surface area contributed by atoms with Crippen LogP contribution in [-0.4, -0.2) is 66.5 Å². The molecule has 0 radical (unpaired) electrons. The van der Waals surface area contributed by atoms with E-state index in [1.165, 1.54) is 5.56 Å². The third-order valence-electron chi connectivity index (χ3n) is 9.76. The van der Waals surface area contributed by atoms with E-state index in [4.69, 9.17) is 18.0 Å². The van der Waals surface area contributed by atoms with E-state index in [-0.39, 0.29) is 39.4 Å². The highest BCUT2D eigenvalue weighted by molar-refractivity contribution is 7.99. The zero-order valence-electron chi connectivity index (χ0n) is 28.4. The van der Waals surface area contributed by atoms with Gasteiger partial charge >= 0.3 is 0 Å². The molecule has 0 unspecified atom stereocenters. The van der Waals surface area contributed by atoms with Gasteiger partial charge in [0.05, 0.1) is 6.61 Å². The third-order valence-corrected chi connectivity index (χ3v) is 24.3. The second kappa shape index (κ2) is 12.6. The van der Waals surface area contributed by atoms with E-state index in [0.717, 1.165) is 4.90 Å². The highest BCUT2D eigenvalue weighted by Gasteiger charge is 2.56. The number of ether oxygens (including phenoxy) is 1. The molecule has 1 fully saturated rings. The molecular weight excluding hydrogens is 569 g/mol. The van der Waals surface area contributed by atoms with Crippen LogP contribution in [0, 0.1) is 6.92 Å². The Morgan fingerprint density at radius 3 is 1.43 bits per heavy atom. The van der Waals surface area contributed by atoms with E-state index in [0.29, 0.717) is 0 Å². The number of aryl methyl sites for hydroxylation is 1. The van der Waals surface area contributed by atoms with Crippen LogP contribution in [0.25, 0.3) is 0 Å². The minimum atomic E-state index is -2.27. The highest BCUT2D eigenvalue weighted by atomic mass is 32.2. The van der Waals surface area contributed by atoms with Gasteiger partial charge < -0.3 is 23.1 Å². The summed E-state index contributed by atoms with van der Waals surface area (Å²) in [5, 5.41) is 10.7. The molecule has 40 heavy (non-hydrogen) atoms. The van der Waals surface area contributed by atoms with Gasteiger partial charge in [-0.05, 0) is 73.5 Å². The first-order valence-corrected chi connectivity index (χ1v) is 24.5. The molecule has 9 heteroatoms. The van der Waals surface area contributed by atoms with E-state index < -0.39 is 37.2 Å². The third kappa shape index (κ3) is 8.56. The molecule has 1 N–H and O–H groups in total. The van der Waals surface area contributed by atoms with Gasteiger partial charge in [-0.15, -0.1) is 0 Å². The summed E-state index contributed by atoms with van der Waals surface area (Å²) in [7, 11) is -6.76. The van der Waals surface area contributed by atoms with Gasteiger partial charge in [-0.25, -0.2) is 0 Å². The molecule has 1 heterocycles. The minimum absolute atomic E-state index is 0.00217. The van der Waals surface area contributed by atoms with Crippen molar-refractivity contribution < 1.29 is 23.1 Å². The molecule has 1 saturated heterocycles. The second-order valence-electron chi connectivity index (χ2n) is 16.2. The van der Waals surface area contributed by atoms with Crippen LogP contribution in [0.3, 0.4) is 0 Å². The Morgan fingerprint density at radius 2 is 1.05 bits per heavy atom. The SMILES string of the molecule is Cc1ccc(S[C@@H]2O[C@H](CO)[C@@H](O[Si](C)(C)C(C)(C)C)[C@H](O[Si](C)(C)C(C)(C)C)[C@H]2O[Si](C)(C)C(C)(C)C)cc1. The molecule has 0 aromatic heterocycles. The van der Waals surface area contributed by atoms with E-state index in [9.17, 15) is 5.11 Å². The zero-order chi connectivity index (χ0) is 31.1. The van der Waals surface area contributed by atoms with Crippen LogP contribution in [0.15, 0.2) is 29.2 Å². The first-order valence-electron chi connectivity index (χ1n) is 14.9. The monoisotopic (exact) mass is 628 g/mol. The Hall–Kier alpha value is 0.0206. The molecule has 5 atom stereocenters. The molecule has 1 aromatic carbocycles. The van der Waals surface area contributed by atoms with Gasteiger partial charge in [-0.3, -0.25) is 0 Å². The lowest BCUT2D eigenvalue weighted by Crippen LogP contribution is -2.67. The Bertz CT molecular complexity index is 961. The van der Waals surface area contributed by atoms with Crippen molar-refractivity contribution >= 4 is 36.7 Å². The van der Waals surface area contributed by atoms with Crippen LogP contribution in [-0.2, 0) is 18.0 Å². The molecule has 1 aliphatic rings. The largest absolute Gasteiger partial charge is 0.408 e. The van der Waals surface area contributed by atoms with Crippen molar-refractivity contribution in [3.05, 3.63) is 29.8 Å². The highest BCUT2D eigenvalue weighted by Crippen LogP contribution is 2.47. The summed E-state index contributed by atoms with van der Waals surface area (Å²) in [6.45, 7) is 36.1. The van der Waals surface area contributed by atoms with Gasteiger partial charge in [0.1, 0.15) is 29.9 Å². The standard InChI is InChI=1S/C31H60O5SSi3/c1-22-17-19-23(20-18-22)37-28-27(36-40(15,16)31(8,9)10)26(35-39(13,14)30(5,6)7)25(24(21-32)33-28)34-38(11,12)29(2,3)4/h17-20,24-28,32H,21H2,1-16H3/t24-,25-,26+,27-,28+/m1/s1. The lowest BCUT2D eigenvalue weighted by Gasteiger charge is -2.54. The molecule has 5 nitrogen and oxygen atoms in total. The predicted molar refractivity (Wildman–Crippen MR) is 179 cm³/mol. The van der Waals surface area contributed by atoms with E-state index in [2.05, 4.69) is 133 Å². The van der Waals surface area contributed by atoms with Gasteiger partial charge in [0, 0.05) is 4.90 Å². The van der Waals surface area contributed by atoms with Crippen molar-refractivity contribution in [3.8, 4) is 0 Å². The van der Waals surface area contributed by atoms with Crippen molar-refractivity contribution in [2.75, 3.05) is 6.61 Å².